The van der Waals surface area contributed by atoms with Crippen molar-refractivity contribution in [2.75, 3.05) is 6.54 Å². The predicted octanol–water partition coefficient (Wildman–Crippen LogP) is 3.71. The van der Waals surface area contributed by atoms with Gasteiger partial charge in [0.15, 0.2) is 23.7 Å². The van der Waals surface area contributed by atoms with E-state index in [0.717, 1.165) is 12.1 Å². The van der Waals surface area contributed by atoms with Crippen LogP contribution in [0, 0.1) is 12.7 Å². The van der Waals surface area contributed by atoms with Gasteiger partial charge in [-0.2, -0.15) is 0 Å². The van der Waals surface area contributed by atoms with E-state index in [-0.39, 0.29) is 18.0 Å². The number of alkyl halides is 2. The van der Waals surface area contributed by atoms with Gasteiger partial charge in [-0.25, -0.2) is 28.1 Å². The van der Waals surface area contributed by atoms with Crippen LogP contribution in [0.5, 0.6) is 0 Å². The number of halogens is 3. The van der Waals surface area contributed by atoms with E-state index in [4.69, 9.17) is 8.83 Å². The van der Waals surface area contributed by atoms with Crippen LogP contribution in [-0.4, -0.2) is 37.3 Å². The summed E-state index contributed by atoms with van der Waals surface area (Å²) >= 11 is 0. The van der Waals surface area contributed by atoms with Gasteiger partial charge >= 0.3 is 0 Å². The van der Waals surface area contributed by atoms with Gasteiger partial charge in [0.25, 0.3) is 12.3 Å². The Balaban J connectivity index is 1.64. The number of hydrogen-bond acceptors (Lipinski definition) is 6. The van der Waals surface area contributed by atoms with E-state index in [2.05, 4.69) is 19.9 Å². The lowest BCUT2D eigenvalue weighted by Gasteiger charge is -2.32. The van der Waals surface area contributed by atoms with Crippen LogP contribution in [0.1, 0.15) is 51.6 Å². The minimum atomic E-state index is -2.97. The van der Waals surface area contributed by atoms with E-state index in [1.807, 2.05) is 0 Å². The molecule has 3 aromatic heterocycles. The van der Waals surface area contributed by atoms with Gasteiger partial charge in [-0.15, -0.1) is 0 Å². The van der Waals surface area contributed by atoms with Crippen molar-refractivity contribution in [1.29, 1.82) is 0 Å². The Morgan fingerprint density at radius 1 is 1.33 bits per heavy atom. The van der Waals surface area contributed by atoms with Crippen LogP contribution in [0.3, 0.4) is 0 Å². The first-order chi connectivity index (χ1) is 14.4. The third-order valence-corrected chi connectivity index (χ3v) is 5.07. The number of nitrogens with zero attached hydrogens (tertiary/aromatic N) is 4. The number of hydrogen-bond donors (Lipinski definition) is 1. The molecule has 5 rings (SSSR count). The van der Waals surface area contributed by atoms with Gasteiger partial charge in [0, 0.05) is 24.7 Å². The van der Waals surface area contributed by atoms with Gasteiger partial charge in [0.2, 0.25) is 11.7 Å². The molecule has 0 saturated heterocycles. The lowest BCUT2D eigenvalue weighted by Crippen LogP contribution is -2.41. The number of aromatic amines is 1. The molecule has 1 aromatic carbocycles. The van der Waals surface area contributed by atoms with Gasteiger partial charge in [0.1, 0.15) is 11.3 Å². The molecule has 0 unspecified atom stereocenters. The van der Waals surface area contributed by atoms with E-state index in [9.17, 15) is 18.0 Å². The molecule has 0 bridgehead atoms. The summed E-state index contributed by atoms with van der Waals surface area (Å²) in [5.41, 5.74) is 1.69. The monoisotopic (exact) mass is 417 g/mol. The summed E-state index contributed by atoms with van der Waals surface area (Å²) in [6.45, 7) is 1.85. The largest absolute Gasteiger partial charge is 0.438 e. The minimum absolute atomic E-state index is 0.0956. The highest BCUT2D eigenvalue weighted by Crippen LogP contribution is 2.37. The lowest BCUT2D eigenvalue weighted by molar-refractivity contribution is 0.0620. The predicted molar refractivity (Wildman–Crippen MR) is 95.3 cm³/mol. The molecular formula is C19H14F3N5O3. The summed E-state index contributed by atoms with van der Waals surface area (Å²) < 4.78 is 51.1. The van der Waals surface area contributed by atoms with E-state index in [0.29, 0.717) is 23.3 Å². The average molecular weight is 417 g/mol. The van der Waals surface area contributed by atoms with Gasteiger partial charge in [0.05, 0.1) is 12.0 Å². The Morgan fingerprint density at radius 2 is 2.17 bits per heavy atom. The molecule has 30 heavy (non-hydrogen) atoms. The number of benzene rings is 1. The molecule has 4 heterocycles. The van der Waals surface area contributed by atoms with Crippen molar-refractivity contribution < 1.29 is 26.8 Å². The van der Waals surface area contributed by atoms with Gasteiger partial charge < -0.3 is 18.7 Å². The molecule has 154 valence electrons. The highest BCUT2D eigenvalue weighted by atomic mass is 19.3. The number of aryl methyl sites for hydroxylation is 1. The zero-order chi connectivity index (χ0) is 21.0. The van der Waals surface area contributed by atoms with Crippen LogP contribution < -0.4 is 0 Å². The Kier molecular flexibility index (Phi) is 4.12. The van der Waals surface area contributed by atoms with Crippen LogP contribution in [0.4, 0.5) is 13.2 Å². The van der Waals surface area contributed by atoms with Crippen molar-refractivity contribution >= 4 is 17.0 Å². The number of H-pyrrole nitrogens is 1. The first-order valence-electron chi connectivity index (χ1n) is 9.05. The summed E-state index contributed by atoms with van der Waals surface area (Å²) in [6.07, 6.45) is -0.275. The van der Waals surface area contributed by atoms with E-state index in [1.54, 1.807) is 6.92 Å². The number of oxazole rings is 2. The standard InChI is InChI=1S/C19H14F3N5O3/c1-8-4-9(20)5-11-15(8)30-18(26-11)14-12-10(23-6-24-12)2-3-27(14)19(28)16-13(17(21)22)25-7-29-16/h4-7,14,17H,2-3H2,1H3,(H,23,24)/t14-/m0/s1. The summed E-state index contributed by atoms with van der Waals surface area (Å²) in [6, 6.07) is 1.63. The Labute approximate surface area is 166 Å². The number of carbonyl (C=O) groups is 1. The number of imidazole rings is 1. The van der Waals surface area contributed by atoms with Crippen molar-refractivity contribution in [1.82, 2.24) is 24.8 Å². The molecule has 0 aliphatic carbocycles. The summed E-state index contributed by atoms with van der Waals surface area (Å²) in [5.74, 6) is -1.71. The quantitative estimate of drug-likeness (QED) is 0.545. The molecule has 0 saturated carbocycles. The number of aromatic nitrogens is 4. The fourth-order valence-corrected chi connectivity index (χ4v) is 3.74. The molecule has 0 spiro atoms. The van der Waals surface area contributed by atoms with Crippen molar-refractivity contribution in [3.63, 3.8) is 0 Å². The van der Waals surface area contributed by atoms with Crippen LogP contribution >= 0.6 is 0 Å². The third kappa shape index (κ3) is 2.77. The number of nitrogens with one attached hydrogen (secondary N) is 1. The molecule has 1 aliphatic heterocycles. The first-order valence-corrected chi connectivity index (χ1v) is 9.05. The van der Waals surface area contributed by atoms with Crippen LogP contribution in [0.25, 0.3) is 11.1 Å². The molecule has 0 fully saturated rings. The topological polar surface area (TPSA) is 101 Å². The zero-order valence-electron chi connectivity index (χ0n) is 15.5. The maximum atomic E-state index is 13.8. The smallest absolute Gasteiger partial charge is 0.292 e. The minimum Gasteiger partial charge on any atom is -0.438 e. The maximum absolute atomic E-state index is 13.8. The van der Waals surface area contributed by atoms with Crippen molar-refractivity contribution in [2.45, 2.75) is 25.8 Å². The Bertz CT molecular complexity index is 1260. The molecular weight excluding hydrogens is 403 g/mol. The molecule has 11 heteroatoms. The summed E-state index contributed by atoms with van der Waals surface area (Å²) in [4.78, 5) is 29.5. The van der Waals surface area contributed by atoms with Crippen LogP contribution in [-0.2, 0) is 6.42 Å². The zero-order valence-corrected chi connectivity index (χ0v) is 15.5. The van der Waals surface area contributed by atoms with Crippen LogP contribution in [0.2, 0.25) is 0 Å². The second kappa shape index (κ2) is 6.71. The molecule has 1 atom stereocenters. The molecule has 1 N–H and O–H groups in total. The molecule has 1 amide bonds. The molecule has 4 aromatic rings. The number of amides is 1. The maximum Gasteiger partial charge on any atom is 0.292 e. The van der Waals surface area contributed by atoms with E-state index >= 15 is 0 Å². The number of fused-ring (bicyclic) bond motifs is 2. The van der Waals surface area contributed by atoms with E-state index < -0.39 is 35.6 Å². The number of carbonyl (C=O) groups excluding carboxylic acids is 1. The van der Waals surface area contributed by atoms with Crippen molar-refractivity contribution in [3.05, 3.63) is 65.0 Å². The Morgan fingerprint density at radius 3 is 2.97 bits per heavy atom. The van der Waals surface area contributed by atoms with E-state index in [1.165, 1.54) is 23.4 Å². The molecule has 0 radical (unpaired) electrons. The fourth-order valence-electron chi connectivity index (χ4n) is 3.74. The lowest BCUT2D eigenvalue weighted by atomic mass is 10.0. The average Bonchev–Trinajstić information content (AvgIpc) is 3.44. The second-order valence-electron chi connectivity index (χ2n) is 6.91. The molecule has 8 nitrogen and oxygen atoms in total. The van der Waals surface area contributed by atoms with Gasteiger partial charge in [-0.1, -0.05) is 0 Å². The van der Waals surface area contributed by atoms with Crippen LogP contribution in [0.15, 0.2) is 33.7 Å². The third-order valence-electron chi connectivity index (χ3n) is 5.07. The van der Waals surface area contributed by atoms with Gasteiger partial charge in [-0.05, 0) is 18.6 Å². The fraction of sp³-hybridized carbons (Fsp3) is 0.263. The second-order valence-corrected chi connectivity index (χ2v) is 6.91. The molecule has 1 aliphatic rings. The highest BCUT2D eigenvalue weighted by molar-refractivity contribution is 5.93. The Hall–Kier alpha value is -3.63. The highest BCUT2D eigenvalue weighted by Gasteiger charge is 2.40. The normalized spacial score (nSPS) is 16.4. The summed E-state index contributed by atoms with van der Waals surface area (Å²) in [5, 5.41) is 0. The van der Waals surface area contributed by atoms with Gasteiger partial charge in [-0.3, -0.25) is 4.79 Å². The van der Waals surface area contributed by atoms with Crippen molar-refractivity contribution in [2.24, 2.45) is 0 Å². The first kappa shape index (κ1) is 18.4. The van der Waals surface area contributed by atoms with Crippen molar-refractivity contribution in [3.8, 4) is 0 Å². The summed E-state index contributed by atoms with van der Waals surface area (Å²) in [7, 11) is 0. The number of rotatable bonds is 3. The SMILES string of the molecule is Cc1cc(F)cc2nc([C@@H]3c4nc[nH]c4CCN3C(=O)c3ocnc3C(F)F)oc12.